The Balaban J connectivity index is 1.53. The third kappa shape index (κ3) is 7.58. The number of halogens is 1. The van der Waals surface area contributed by atoms with Gasteiger partial charge in [-0.15, -0.1) is 6.42 Å². The molecule has 0 bridgehead atoms. The first-order valence-electron chi connectivity index (χ1n) is 14.9. The van der Waals surface area contributed by atoms with Crippen molar-refractivity contribution in [1.82, 2.24) is 0 Å². The third-order valence-electron chi connectivity index (χ3n) is 7.70. The van der Waals surface area contributed by atoms with Crippen molar-refractivity contribution in [2.24, 2.45) is 0 Å². The Labute approximate surface area is 282 Å². The Hall–Kier alpha value is -5.43. The van der Waals surface area contributed by atoms with Gasteiger partial charge < -0.3 is 23.7 Å². The van der Waals surface area contributed by atoms with Gasteiger partial charge in [-0.25, -0.2) is 19.2 Å². The van der Waals surface area contributed by atoms with Gasteiger partial charge in [-0.2, -0.15) is 0 Å². The van der Waals surface area contributed by atoms with E-state index in [0.717, 1.165) is 16.7 Å². The number of hydrogen-bond donors (Lipinski definition) is 0. The molecule has 1 fully saturated rings. The van der Waals surface area contributed by atoms with Gasteiger partial charge in [-0.3, -0.25) is 0 Å². The molecule has 0 N–H and O–H groups in total. The van der Waals surface area contributed by atoms with E-state index in [2.05, 4.69) is 5.92 Å². The largest absolute Gasteiger partial charge is 0.459 e. The van der Waals surface area contributed by atoms with Gasteiger partial charge in [0, 0.05) is 5.02 Å². The van der Waals surface area contributed by atoms with E-state index in [1.165, 1.54) is 36.4 Å². The van der Waals surface area contributed by atoms with Crippen LogP contribution < -0.4 is 0 Å². The summed E-state index contributed by atoms with van der Waals surface area (Å²) in [6, 6.07) is 25.5. The molecule has 0 radical (unpaired) electrons. The number of esters is 4. The van der Waals surface area contributed by atoms with Gasteiger partial charge >= 0.3 is 23.9 Å². The van der Waals surface area contributed by atoms with E-state index in [0.29, 0.717) is 5.02 Å². The van der Waals surface area contributed by atoms with Crippen molar-refractivity contribution in [3.63, 3.8) is 0 Å². The summed E-state index contributed by atoms with van der Waals surface area (Å²) in [7, 11) is 0. The highest BCUT2D eigenvalue weighted by Crippen LogP contribution is 2.39. The van der Waals surface area contributed by atoms with E-state index in [1.807, 2.05) is 20.8 Å². The fraction of sp³-hybridized carbons (Fsp3) is 0.211. The molecule has 1 saturated heterocycles. The summed E-state index contributed by atoms with van der Waals surface area (Å²) in [5.41, 5.74) is 1.09. The Morgan fingerprint density at radius 2 is 1.08 bits per heavy atom. The maximum absolute atomic E-state index is 13.6. The minimum absolute atomic E-state index is 0.135. The highest BCUT2D eigenvalue weighted by atomic mass is 35.5. The summed E-state index contributed by atoms with van der Waals surface area (Å²) >= 11 is 5.95. The molecule has 9 nitrogen and oxygen atoms in total. The van der Waals surface area contributed by atoms with Gasteiger partial charge in [-0.05, 0) is 81.4 Å². The van der Waals surface area contributed by atoms with Crippen LogP contribution in [0.3, 0.4) is 0 Å². The fourth-order valence-corrected chi connectivity index (χ4v) is 5.03. The summed E-state index contributed by atoms with van der Waals surface area (Å²) < 4.78 is 29.2. The molecule has 1 aliphatic rings. The SMILES string of the molecule is C#C[C@@]1(OC(=O)c2ccc(C)cc2)[C@@H](COC(=O)c2ccc(Cl)cc2)OC(OC(=O)c2ccc(C)cc2)[C@@H]1OC(=O)c1ccc(C)cc1. The summed E-state index contributed by atoms with van der Waals surface area (Å²) in [4.78, 5) is 53.4. The predicted molar refractivity (Wildman–Crippen MR) is 176 cm³/mol. The van der Waals surface area contributed by atoms with Crippen LogP contribution in [0.1, 0.15) is 58.1 Å². The maximum atomic E-state index is 13.6. The van der Waals surface area contributed by atoms with E-state index in [9.17, 15) is 19.2 Å². The van der Waals surface area contributed by atoms with Crippen LogP contribution in [0.2, 0.25) is 5.02 Å². The lowest BCUT2D eigenvalue weighted by molar-refractivity contribution is -0.141. The number of hydrogen-bond acceptors (Lipinski definition) is 9. The van der Waals surface area contributed by atoms with Crippen molar-refractivity contribution in [1.29, 1.82) is 0 Å². The van der Waals surface area contributed by atoms with Crippen molar-refractivity contribution in [3.8, 4) is 12.3 Å². The van der Waals surface area contributed by atoms with Crippen molar-refractivity contribution in [2.45, 2.75) is 44.9 Å². The van der Waals surface area contributed by atoms with Crippen LogP contribution in [0.5, 0.6) is 0 Å². The summed E-state index contributed by atoms with van der Waals surface area (Å²) in [5, 5.41) is 0.413. The average Bonchev–Trinajstić information content (AvgIpc) is 3.35. The number of benzene rings is 4. The number of terminal acetylenes is 1. The maximum Gasteiger partial charge on any atom is 0.340 e. The first-order chi connectivity index (χ1) is 23.0. The molecule has 1 unspecified atom stereocenters. The molecular weight excluding hydrogens is 636 g/mol. The Bertz CT molecular complexity index is 1840. The highest BCUT2D eigenvalue weighted by molar-refractivity contribution is 6.30. The smallest absolute Gasteiger partial charge is 0.340 e. The second-order valence-corrected chi connectivity index (χ2v) is 11.7. The molecule has 4 atom stereocenters. The lowest BCUT2D eigenvalue weighted by atomic mass is 9.92. The van der Waals surface area contributed by atoms with Crippen molar-refractivity contribution in [3.05, 3.63) is 141 Å². The minimum atomic E-state index is -2.24. The van der Waals surface area contributed by atoms with Crippen LogP contribution in [0.25, 0.3) is 0 Å². The molecule has 10 heteroatoms. The highest BCUT2D eigenvalue weighted by Gasteiger charge is 2.63. The van der Waals surface area contributed by atoms with Crippen molar-refractivity contribution < 1.29 is 42.9 Å². The Morgan fingerprint density at radius 1 is 0.667 bits per heavy atom. The number of aryl methyl sites for hydroxylation is 3. The number of ether oxygens (including phenoxy) is 5. The lowest BCUT2D eigenvalue weighted by Crippen LogP contribution is -2.54. The number of rotatable bonds is 9. The molecule has 4 aromatic carbocycles. The molecule has 5 rings (SSSR count). The molecule has 0 saturated carbocycles. The van der Waals surface area contributed by atoms with Gasteiger partial charge in [0.1, 0.15) is 6.61 Å². The number of carbonyl (C=O) groups excluding carboxylic acids is 4. The molecular formula is C38H31ClO9. The normalized spacial score (nSPS) is 19.9. The van der Waals surface area contributed by atoms with Crippen molar-refractivity contribution in [2.75, 3.05) is 6.61 Å². The lowest BCUT2D eigenvalue weighted by Gasteiger charge is -2.32. The van der Waals surface area contributed by atoms with Gasteiger partial charge in [0.2, 0.25) is 18.0 Å². The summed E-state index contributed by atoms with van der Waals surface area (Å²) in [5.74, 6) is -0.899. The molecule has 48 heavy (non-hydrogen) atoms. The van der Waals surface area contributed by atoms with Crippen LogP contribution in [0.15, 0.2) is 97.1 Å². The van der Waals surface area contributed by atoms with Gasteiger partial charge in [0.15, 0.2) is 6.10 Å². The average molecular weight is 667 g/mol. The van der Waals surface area contributed by atoms with E-state index in [1.54, 1.807) is 60.7 Å². The molecule has 244 valence electrons. The van der Waals surface area contributed by atoms with Gasteiger partial charge in [0.25, 0.3) is 0 Å². The van der Waals surface area contributed by atoms with E-state index < -0.39 is 54.6 Å². The summed E-state index contributed by atoms with van der Waals surface area (Å²) in [6.45, 7) is 4.98. The second-order valence-electron chi connectivity index (χ2n) is 11.3. The van der Waals surface area contributed by atoms with Crippen LogP contribution >= 0.6 is 11.6 Å². The minimum Gasteiger partial charge on any atom is -0.459 e. The van der Waals surface area contributed by atoms with E-state index in [4.69, 9.17) is 41.7 Å². The first-order valence-corrected chi connectivity index (χ1v) is 15.3. The molecule has 0 aliphatic carbocycles. The standard InChI is InChI=1S/C38H31ClO9/c1-5-38(48-36(43)29-16-10-25(4)11-17-29)31(22-44-33(40)26-18-20-30(39)21-19-26)45-37(47-35(42)28-14-8-24(3)9-15-28)32(38)46-34(41)27-12-6-23(2)7-13-27/h1,6-21,31-32,37H,22H2,2-4H3/t31-,32+,37?,38-/m1/s1. The molecule has 4 aromatic rings. The third-order valence-corrected chi connectivity index (χ3v) is 7.95. The van der Waals surface area contributed by atoms with Crippen LogP contribution in [-0.2, 0) is 23.7 Å². The van der Waals surface area contributed by atoms with E-state index in [-0.39, 0.29) is 22.3 Å². The molecule has 0 amide bonds. The zero-order valence-electron chi connectivity index (χ0n) is 26.3. The Kier molecular flexibility index (Phi) is 10.3. The van der Waals surface area contributed by atoms with Crippen LogP contribution in [-0.4, -0.2) is 54.6 Å². The number of carbonyl (C=O) groups is 4. The summed E-state index contributed by atoms with van der Waals surface area (Å²) in [6.07, 6.45) is 1.26. The molecule has 0 aromatic heterocycles. The zero-order valence-corrected chi connectivity index (χ0v) is 27.1. The quantitative estimate of drug-likeness (QED) is 0.113. The molecule has 0 spiro atoms. The predicted octanol–water partition coefficient (Wildman–Crippen LogP) is 6.46. The van der Waals surface area contributed by atoms with Gasteiger partial charge in [0.05, 0.1) is 22.3 Å². The van der Waals surface area contributed by atoms with Gasteiger partial charge in [-0.1, -0.05) is 70.6 Å². The van der Waals surface area contributed by atoms with E-state index >= 15 is 0 Å². The van der Waals surface area contributed by atoms with Crippen LogP contribution in [0, 0.1) is 33.1 Å². The van der Waals surface area contributed by atoms with Crippen LogP contribution in [0.4, 0.5) is 0 Å². The first kappa shape index (κ1) is 33.9. The monoisotopic (exact) mass is 666 g/mol. The fourth-order valence-electron chi connectivity index (χ4n) is 4.90. The second kappa shape index (κ2) is 14.6. The molecule has 1 heterocycles. The van der Waals surface area contributed by atoms with Crippen molar-refractivity contribution >= 4 is 35.5 Å². The molecule has 1 aliphatic heterocycles. The topological polar surface area (TPSA) is 114 Å². The Morgan fingerprint density at radius 3 is 1.56 bits per heavy atom. The zero-order chi connectivity index (χ0) is 34.4.